The summed E-state index contributed by atoms with van der Waals surface area (Å²) in [6.45, 7) is 1.69. The Labute approximate surface area is 157 Å². The maximum Gasteiger partial charge on any atom is 0.250 e. The summed E-state index contributed by atoms with van der Waals surface area (Å²) in [6, 6.07) is 14.1. The molecule has 1 aliphatic heterocycles. The van der Waals surface area contributed by atoms with E-state index in [0.717, 1.165) is 34.9 Å². The van der Waals surface area contributed by atoms with Crippen LogP contribution >= 0.6 is 0 Å². The molecule has 1 saturated heterocycles. The summed E-state index contributed by atoms with van der Waals surface area (Å²) in [5.74, 6) is 0.518. The van der Waals surface area contributed by atoms with Crippen molar-refractivity contribution in [1.29, 1.82) is 0 Å². The zero-order valence-electron chi connectivity index (χ0n) is 15.3. The van der Waals surface area contributed by atoms with E-state index in [1.165, 1.54) is 6.07 Å². The second-order valence-corrected chi connectivity index (χ2v) is 6.98. The van der Waals surface area contributed by atoms with Gasteiger partial charge < -0.3 is 14.0 Å². The summed E-state index contributed by atoms with van der Waals surface area (Å²) in [5.41, 5.74) is 2.62. The monoisotopic (exact) mass is 367 g/mol. The average molecular weight is 367 g/mol. The van der Waals surface area contributed by atoms with Gasteiger partial charge in [0.2, 0.25) is 0 Å². The van der Waals surface area contributed by atoms with Crippen LogP contribution in [0.25, 0.3) is 10.9 Å². The largest absolute Gasteiger partial charge is 0.489 e. The highest BCUT2D eigenvalue weighted by molar-refractivity contribution is 5.82. The molecule has 1 aliphatic rings. The van der Waals surface area contributed by atoms with Crippen LogP contribution in [0.5, 0.6) is 5.75 Å². The summed E-state index contributed by atoms with van der Waals surface area (Å²) in [5, 5.41) is 0.973. The number of rotatable bonds is 4. The Hall–Kier alpha value is -2.66. The van der Waals surface area contributed by atoms with Crippen molar-refractivity contribution in [2.24, 2.45) is 7.05 Å². The molecule has 5 heteroatoms. The van der Waals surface area contributed by atoms with Gasteiger partial charge in [0.15, 0.2) is 0 Å². The fourth-order valence-corrected chi connectivity index (χ4v) is 3.75. The van der Waals surface area contributed by atoms with Crippen LogP contribution in [0.15, 0.2) is 53.3 Å². The standard InChI is InChI=1S/C22H22FNO3/c1-24-21(25)6-5-16-3-2-4-17(22(16)24)14-27-20-12-18(11-19(23)13-20)15-7-9-26-10-8-15/h2-6,11-13,15H,7-10,14H2,1H3. The molecule has 0 amide bonds. The number of hydrogen-bond donors (Lipinski definition) is 0. The van der Waals surface area contributed by atoms with Gasteiger partial charge in [0, 0.05) is 38.0 Å². The third kappa shape index (κ3) is 3.74. The fourth-order valence-electron chi connectivity index (χ4n) is 3.75. The number of nitrogens with zero attached hydrogens (tertiary/aromatic N) is 1. The highest BCUT2D eigenvalue weighted by Gasteiger charge is 2.17. The van der Waals surface area contributed by atoms with Crippen LogP contribution in [0.4, 0.5) is 4.39 Å². The lowest BCUT2D eigenvalue weighted by atomic mass is 9.91. The number of hydrogen-bond acceptors (Lipinski definition) is 3. The van der Waals surface area contributed by atoms with E-state index in [1.807, 2.05) is 30.3 Å². The van der Waals surface area contributed by atoms with E-state index < -0.39 is 0 Å². The SMILES string of the molecule is Cn1c(=O)ccc2cccc(COc3cc(F)cc(C4CCOCC4)c3)c21. The Morgan fingerprint density at radius 1 is 1.15 bits per heavy atom. The van der Waals surface area contributed by atoms with Gasteiger partial charge in [-0.25, -0.2) is 4.39 Å². The highest BCUT2D eigenvalue weighted by atomic mass is 19.1. The van der Waals surface area contributed by atoms with Crippen LogP contribution in [0, 0.1) is 5.82 Å². The number of ether oxygens (including phenoxy) is 2. The van der Waals surface area contributed by atoms with Crippen molar-refractivity contribution in [2.75, 3.05) is 13.2 Å². The van der Waals surface area contributed by atoms with Crippen LogP contribution in [-0.2, 0) is 18.4 Å². The molecule has 0 radical (unpaired) electrons. The van der Waals surface area contributed by atoms with Crippen molar-refractivity contribution in [3.8, 4) is 5.75 Å². The first-order chi connectivity index (χ1) is 13.1. The zero-order valence-corrected chi connectivity index (χ0v) is 15.3. The van der Waals surface area contributed by atoms with Crippen LogP contribution in [-0.4, -0.2) is 17.8 Å². The van der Waals surface area contributed by atoms with Gasteiger partial charge in [0.25, 0.3) is 5.56 Å². The van der Waals surface area contributed by atoms with Crippen molar-refractivity contribution >= 4 is 10.9 Å². The molecular weight excluding hydrogens is 345 g/mol. The lowest BCUT2D eigenvalue weighted by Gasteiger charge is -2.23. The molecule has 2 heterocycles. The van der Waals surface area contributed by atoms with E-state index in [4.69, 9.17) is 9.47 Å². The van der Waals surface area contributed by atoms with Crippen molar-refractivity contribution in [1.82, 2.24) is 4.57 Å². The van der Waals surface area contributed by atoms with Crippen LogP contribution < -0.4 is 10.3 Å². The average Bonchev–Trinajstić information content (AvgIpc) is 2.69. The molecule has 0 spiro atoms. The Bertz CT molecular complexity index is 1020. The van der Waals surface area contributed by atoms with E-state index in [0.29, 0.717) is 24.9 Å². The molecule has 1 aromatic heterocycles. The summed E-state index contributed by atoms with van der Waals surface area (Å²) < 4.78 is 27.1. The van der Waals surface area contributed by atoms with Gasteiger partial charge in [-0.15, -0.1) is 0 Å². The number of halogens is 1. The second-order valence-electron chi connectivity index (χ2n) is 6.98. The van der Waals surface area contributed by atoms with E-state index in [-0.39, 0.29) is 18.0 Å². The smallest absolute Gasteiger partial charge is 0.250 e. The third-order valence-corrected chi connectivity index (χ3v) is 5.20. The Morgan fingerprint density at radius 3 is 2.78 bits per heavy atom. The van der Waals surface area contributed by atoms with Gasteiger partial charge in [-0.05, 0) is 47.9 Å². The first kappa shape index (κ1) is 17.7. The predicted molar refractivity (Wildman–Crippen MR) is 103 cm³/mol. The van der Waals surface area contributed by atoms with Gasteiger partial charge in [0.05, 0.1) is 5.52 Å². The molecule has 0 aliphatic carbocycles. The lowest BCUT2D eigenvalue weighted by Crippen LogP contribution is -2.16. The summed E-state index contributed by atoms with van der Waals surface area (Å²) in [4.78, 5) is 12.0. The van der Waals surface area contributed by atoms with E-state index >= 15 is 0 Å². The minimum absolute atomic E-state index is 0.0671. The molecule has 0 unspecified atom stereocenters. The molecule has 0 saturated carbocycles. The van der Waals surface area contributed by atoms with E-state index in [9.17, 15) is 9.18 Å². The number of benzene rings is 2. The summed E-state index contributed by atoms with van der Waals surface area (Å²) >= 11 is 0. The van der Waals surface area contributed by atoms with Crippen molar-refractivity contribution in [3.05, 3.63) is 75.8 Å². The predicted octanol–water partition coefficient (Wildman–Crippen LogP) is 4.15. The topological polar surface area (TPSA) is 40.5 Å². The number of para-hydroxylation sites is 1. The molecule has 2 aromatic carbocycles. The lowest BCUT2D eigenvalue weighted by molar-refractivity contribution is 0.0852. The maximum absolute atomic E-state index is 14.1. The fraction of sp³-hybridized carbons (Fsp3) is 0.318. The van der Waals surface area contributed by atoms with E-state index in [1.54, 1.807) is 23.7 Å². The third-order valence-electron chi connectivity index (χ3n) is 5.20. The first-order valence-electron chi connectivity index (χ1n) is 9.20. The first-order valence-corrected chi connectivity index (χ1v) is 9.20. The molecule has 4 rings (SSSR count). The van der Waals surface area contributed by atoms with Crippen LogP contribution in [0.3, 0.4) is 0 Å². The number of aromatic nitrogens is 1. The van der Waals surface area contributed by atoms with Crippen molar-refractivity contribution < 1.29 is 13.9 Å². The van der Waals surface area contributed by atoms with E-state index in [2.05, 4.69) is 0 Å². The van der Waals surface area contributed by atoms with Crippen molar-refractivity contribution in [3.63, 3.8) is 0 Å². The second kappa shape index (κ2) is 7.53. The molecule has 0 atom stereocenters. The molecule has 0 N–H and O–H groups in total. The Morgan fingerprint density at radius 2 is 1.96 bits per heavy atom. The van der Waals surface area contributed by atoms with Gasteiger partial charge in [-0.2, -0.15) is 0 Å². The molecule has 140 valence electrons. The normalized spacial score (nSPS) is 15.2. The summed E-state index contributed by atoms with van der Waals surface area (Å²) in [7, 11) is 1.75. The maximum atomic E-state index is 14.1. The minimum Gasteiger partial charge on any atom is -0.489 e. The van der Waals surface area contributed by atoms with Crippen LogP contribution in [0.2, 0.25) is 0 Å². The molecule has 4 nitrogen and oxygen atoms in total. The Kier molecular flexibility index (Phi) is 4.94. The molecule has 27 heavy (non-hydrogen) atoms. The number of pyridine rings is 1. The van der Waals surface area contributed by atoms with Crippen molar-refractivity contribution in [2.45, 2.75) is 25.4 Å². The Balaban J connectivity index is 1.61. The quantitative estimate of drug-likeness (QED) is 0.696. The van der Waals surface area contributed by atoms with Gasteiger partial charge >= 0.3 is 0 Å². The number of fused-ring (bicyclic) bond motifs is 1. The van der Waals surface area contributed by atoms with Gasteiger partial charge in [-0.1, -0.05) is 18.2 Å². The summed E-state index contributed by atoms with van der Waals surface area (Å²) in [6.07, 6.45) is 1.79. The molecular formula is C22H22FNO3. The zero-order chi connectivity index (χ0) is 18.8. The molecule has 3 aromatic rings. The highest BCUT2D eigenvalue weighted by Crippen LogP contribution is 2.30. The van der Waals surface area contributed by atoms with Crippen LogP contribution in [0.1, 0.15) is 29.9 Å². The molecule has 0 bridgehead atoms. The number of aryl methyl sites for hydroxylation is 1. The van der Waals surface area contributed by atoms with Gasteiger partial charge in [-0.3, -0.25) is 4.79 Å². The minimum atomic E-state index is -0.292. The molecule has 1 fully saturated rings. The van der Waals surface area contributed by atoms with Gasteiger partial charge in [0.1, 0.15) is 18.2 Å².